The molecule has 0 saturated heterocycles. The lowest BCUT2D eigenvalue weighted by atomic mass is 9.80. The Labute approximate surface area is 129 Å². The molecule has 1 aromatic heterocycles. The van der Waals surface area contributed by atoms with Crippen LogP contribution in [-0.2, 0) is 0 Å². The summed E-state index contributed by atoms with van der Waals surface area (Å²) >= 11 is 6.20. The second-order valence-corrected chi connectivity index (χ2v) is 6.24. The van der Waals surface area contributed by atoms with E-state index >= 15 is 0 Å². The van der Waals surface area contributed by atoms with Crippen molar-refractivity contribution >= 4 is 17.3 Å². The molecule has 1 aromatic carbocycles. The molecule has 21 heavy (non-hydrogen) atoms. The lowest BCUT2D eigenvalue weighted by molar-refractivity contribution is 0.300. The highest BCUT2D eigenvalue weighted by Crippen LogP contribution is 2.37. The molecule has 3 rings (SSSR count). The average molecular weight is 306 g/mol. The molecule has 0 amide bonds. The summed E-state index contributed by atoms with van der Waals surface area (Å²) < 4.78 is 5.41. The van der Waals surface area contributed by atoms with Crippen LogP contribution in [0.15, 0.2) is 22.7 Å². The Morgan fingerprint density at radius 3 is 3.00 bits per heavy atom. The summed E-state index contributed by atoms with van der Waals surface area (Å²) in [5.41, 5.74) is 7.08. The molecule has 1 fully saturated rings. The average Bonchev–Trinajstić information content (AvgIpc) is 2.97. The minimum absolute atomic E-state index is 0.411. The van der Waals surface area contributed by atoms with Crippen LogP contribution in [0, 0.1) is 5.92 Å². The molecule has 1 aliphatic carbocycles. The maximum atomic E-state index is 6.20. The van der Waals surface area contributed by atoms with Crippen LogP contribution >= 0.6 is 11.6 Å². The first-order chi connectivity index (χ1) is 10.2. The molecule has 2 unspecified atom stereocenters. The molecule has 0 bridgehead atoms. The van der Waals surface area contributed by atoms with E-state index in [1.807, 2.05) is 6.07 Å². The summed E-state index contributed by atoms with van der Waals surface area (Å²) in [7, 11) is 0. The Morgan fingerprint density at radius 1 is 1.38 bits per heavy atom. The lowest BCUT2D eigenvalue weighted by Gasteiger charge is -2.26. The Balaban J connectivity index is 1.83. The van der Waals surface area contributed by atoms with Gasteiger partial charge in [0.25, 0.3) is 5.89 Å². The highest BCUT2D eigenvalue weighted by Gasteiger charge is 2.26. The van der Waals surface area contributed by atoms with Gasteiger partial charge in [0.15, 0.2) is 5.82 Å². The third kappa shape index (κ3) is 3.05. The highest BCUT2D eigenvalue weighted by atomic mass is 35.5. The van der Waals surface area contributed by atoms with Crippen LogP contribution in [-0.4, -0.2) is 10.1 Å². The number of hydrogen-bond donors (Lipinski definition) is 1. The van der Waals surface area contributed by atoms with Crippen LogP contribution in [0.4, 0.5) is 5.69 Å². The zero-order valence-corrected chi connectivity index (χ0v) is 12.9. The zero-order chi connectivity index (χ0) is 14.8. The van der Waals surface area contributed by atoms with E-state index in [2.05, 4.69) is 17.1 Å². The van der Waals surface area contributed by atoms with E-state index in [0.29, 0.717) is 22.5 Å². The molecule has 1 saturated carbocycles. The van der Waals surface area contributed by atoms with E-state index in [9.17, 15) is 0 Å². The van der Waals surface area contributed by atoms with Gasteiger partial charge in [0.1, 0.15) is 0 Å². The monoisotopic (exact) mass is 305 g/mol. The maximum Gasteiger partial charge on any atom is 0.259 e. The topological polar surface area (TPSA) is 64.9 Å². The second-order valence-electron chi connectivity index (χ2n) is 5.83. The summed E-state index contributed by atoms with van der Waals surface area (Å²) in [6.45, 7) is 2.25. The highest BCUT2D eigenvalue weighted by molar-refractivity contribution is 6.33. The Kier molecular flexibility index (Phi) is 4.15. The Bertz CT molecular complexity index is 626. The molecule has 1 heterocycles. The predicted molar refractivity (Wildman–Crippen MR) is 84.1 cm³/mol. The van der Waals surface area contributed by atoms with Crippen LogP contribution in [0.25, 0.3) is 11.5 Å². The SMILES string of the molecule is CCC1CCCC(c2noc(-c3ccc(N)cc3Cl)n2)C1. The first-order valence-corrected chi connectivity index (χ1v) is 7.94. The molecule has 4 nitrogen and oxygen atoms in total. The second kappa shape index (κ2) is 6.06. The minimum atomic E-state index is 0.411. The minimum Gasteiger partial charge on any atom is -0.399 e. The molecular formula is C16H20ClN3O. The summed E-state index contributed by atoms with van der Waals surface area (Å²) in [6, 6.07) is 5.32. The van der Waals surface area contributed by atoms with Crippen molar-refractivity contribution in [1.29, 1.82) is 0 Å². The van der Waals surface area contributed by atoms with Gasteiger partial charge in [0.2, 0.25) is 0 Å². The van der Waals surface area contributed by atoms with E-state index < -0.39 is 0 Å². The number of hydrogen-bond acceptors (Lipinski definition) is 4. The molecule has 1 aliphatic rings. The zero-order valence-electron chi connectivity index (χ0n) is 12.2. The number of halogens is 1. The van der Waals surface area contributed by atoms with Gasteiger partial charge in [0.05, 0.1) is 10.6 Å². The lowest BCUT2D eigenvalue weighted by Crippen LogP contribution is -2.14. The van der Waals surface area contributed by atoms with Gasteiger partial charge in [-0.05, 0) is 37.0 Å². The van der Waals surface area contributed by atoms with Crippen molar-refractivity contribution in [3.63, 3.8) is 0 Å². The molecule has 2 atom stereocenters. The fourth-order valence-corrected chi connectivity index (χ4v) is 3.38. The van der Waals surface area contributed by atoms with Gasteiger partial charge >= 0.3 is 0 Å². The Morgan fingerprint density at radius 2 is 2.24 bits per heavy atom. The molecule has 112 valence electrons. The molecule has 0 spiro atoms. The molecule has 0 aliphatic heterocycles. The van der Waals surface area contributed by atoms with E-state index in [-0.39, 0.29) is 0 Å². The summed E-state index contributed by atoms with van der Waals surface area (Å²) in [5.74, 6) is 2.49. The van der Waals surface area contributed by atoms with Crippen molar-refractivity contribution in [2.75, 3.05) is 5.73 Å². The third-order valence-electron chi connectivity index (χ3n) is 4.39. The molecule has 2 aromatic rings. The standard InChI is InChI=1S/C16H20ClN3O/c1-2-10-4-3-5-11(8-10)15-19-16(21-20-15)13-7-6-12(18)9-14(13)17/h6-7,9-11H,2-5,8,18H2,1H3. The van der Waals surface area contributed by atoms with Crippen molar-refractivity contribution in [2.45, 2.75) is 44.9 Å². The smallest absolute Gasteiger partial charge is 0.259 e. The van der Waals surface area contributed by atoms with Crippen molar-refractivity contribution < 1.29 is 4.52 Å². The van der Waals surface area contributed by atoms with Gasteiger partial charge in [0, 0.05) is 11.6 Å². The van der Waals surface area contributed by atoms with Crippen molar-refractivity contribution in [1.82, 2.24) is 10.1 Å². The van der Waals surface area contributed by atoms with Crippen molar-refractivity contribution in [3.8, 4) is 11.5 Å². The maximum absolute atomic E-state index is 6.20. The summed E-state index contributed by atoms with van der Waals surface area (Å²) in [6.07, 6.45) is 6.10. The van der Waals surface area contributed by atoms with Crippen LogP contribution in [0.5, 0.6) is 0 Å². The van der Waals surface area contributed by atoms with Gasteiger partial charge in [-0.1, -0.05) is 42.9 Å². The van der Waals surface area contributed by atoms with Crippen LogP contribution in [0.3, 0.4) is 0 Å². The third-order valence-corrected chi connectivity index (χ3v) is 4.70. The quantitative estimate of drug-likeness (QED) is 0.838. The predicted octanol–water partition coefficient (Wildman–Crippen LogP) is 4.66. The van der Waals surface area contributed by atoms with E-state index in [4.69, 9.17) is 21.9 Å². The normalized spacial score (nSPS) is 22.4. The van der Waals surface area contributed by atoms with E-state index in [0.717, 1.165) is 30.1 Å². The van der Waals surface area contributed by atoms with Gasteiger partial charge < -0.3 is 10.3 Å². The molecular weight excluding hydrogens is 286 g/mol. The van der Waals surface area contributed by atoms with Gasteiger partial charge in [-0.2, -0.15) is 4.98 Å². The first kappa shape index (κ1) is 14.4. The fourth-order valence-electron chi connectivity index (χ4n) is 3.11. The van der Waals surface area contributed by atoms with Gasteiger partial charge in [-0.3, -0.25) is 0 Å². The number of nitrogens with zero attached hydrogens (tertiary/aromatic N) is 2. The Hall–Kier alpha value is -1.55. The van der Waals surface area contributed by atoms with Crippen molar-refractivity contribution in [2.24, 2.45) is 5.92 Å². The van der Waals surface area contributed by atoms with E-state index in [1.54, 1.807) is 12.1 Å². The molecule has 2 N–H and O–H groups in total. The number of nitrogen functional groups attached to an aromatic ring is 1. The van der Waals surface area contributed by atoms with Gasteiger partial charge in [-0.15, -0.1) is 0 Å². The van der Waals surface area contributed by atoms with Crippen LogP contribution < -0.4 is 5.73 Å². The fraction of sp³-hybridized carbons (Fsp3) is 0.500. The number of aromatic nitrogens is 2. The van der Waals surface area contributed by atoms with Crippen molar-refractivity contribution in [3.05, 3.63) is 29.0 Å². The number of anilines is 1. The van der Waals surface area contributed by atoms with Crippen LogP contribution in [0.2, 0.25) is 5.02 Å². The summed E-state index contributed by atoms with van der Waals surface area (Å²) in [5, 5.41) is 4.71. The largest absolute Gasteiger partial charge is 0.399 e. The number of rotatable bonds is 3. The van der Waals surface area contributed by atoms with E-state index in [1.165, 1.54) is 19.3 Å². The van der Waals surface area contributed by atoms with Gasteiger partial charge in [-0.25, -0.2) is 0 Å². The molecule has 5 heteroatoms. The van der Waals surface area contributed by atoms with Crippen LogP contribution in [0.1, 0.15) is 50.8 Å². The summed E-state index contributed by atoms with van der Waals surface area (Å²) in [4.78, 5) is 4.56. The first-order valence-electron chi connectivity index (χ1n) is 7.56. The number of benzene rings is 1. The molecule has 0 radical (unpaired) electrons. The number of nitrogens with two attached hydrogens (primary N) is 1.